The third-order valence-corrected chi connectivity index (χ3v) is 4.56. The number of rotatable bonds is 4. The molecule has 1 aliphatic rings. The lowest BCUT2D eigenvalue weighted by atomic mass is 9.98. The van der Waals surface area contributed by atoms with Crippen molar-refractivity contribution < 1.29 is 4.79 Å². The highest BCUT2D eigenvalue weighted by Crippen LogP contribution is 2.20. The Morgan fingerprint density at radius 1 is 1.29 bits per heavy atom. The number of nitrogens with zero attached hydrogens (tertiary/aromatic N) is 2. The smallest absolute Gasteiger partial charge is 0.252 e. The van der Waals surface area contributed by atoms with Crippen LogP contribution in [0.4, 0.5) is 0 Å². The van der Waals surface area contributed by atoms with Crippen LogP contribution in [0.15, 0.2) is 34.9 Å². The van der Waals surface area contributed by atoms with Crippen molar-refractivity contribution in [2.45, 2.75) is 32.2 Å². The van der Waals surface area contributed by atoms with Gasteiger partial charge in [-0.3, -0.25) is 9.48 Å². The Kier molecular flexibility index (Phi) is 4.39. The fraction of sp³-hybridized carbons (Fsp3) is 0.375. The molecule has 5 heteroatoms. The second-order valence-electron chi connectivity index (χ2n) is 5.28. The summed E-state index contributed by atoms with van der Waals surface area (Å²) in [6.07, 6.45) is 6.72. The molecule has 0 atom stereocenters. The Hall–Kier alpha value is -1.62. The van der Waals surface area contributed by atoms with Crippen LogP contribution in [0.5, 0.6) is 0 Å². The van der Waals surface area contributed by atoms with Crippen LogP contribution in [0, 0.1) is 0 Å². The molecule has 2 aromatic rings. The molecule has 1 amide bonds. The molecule has 0 fully saturated rings. The minimum absolute atomic E-state index is 0.0523. The molecule has 0 saturated carbocycles. The number of carbonyl (C=O) groups excluding carboxylic acids is 1. The van der Waals surface area contributed by atoms with Gasteiger partial charge < -0.3 is 5.32 Å². The van der Waals surface area contributed by atoms with E-state index in [0.717, 1.165) is 23.9 Å². The van der Waals surface area contributed by atoms with Gasteiger partial charge in [-0.1, -0.05) is 12.1 Å². The summed E-state index contributed by atoms with van der Waals surface area (Å²) >= 11 is 3.40. The Labute approximate surface area is 132 Å². The number of carbonyl (C=O) groups is 1. The Morgan fingerprint density at radius 2 is 2.10 bits per heavy atom. The molecule has 0 aliphatic heterocycles. The van der Waals surface area contributed by atoms with Gasteiger partial charge in [-0.05, 0) is 59.3 Å². The van der Waals surface area contributed by atoms with E-state index >= 15 is 0 Å². The highest BCUT2D eigenvalue weighted by molar-refractivity contribution is 9.10. The zero-order chi connectivity index (χ0) is 14.7. The minimum atomic E-state index is -0.0523. The molecule has 0 radical (unpaired) electrons. The average molecular weight is 348 g/mol. The fourth-order valence-electron chi connectivity index (χ4n) is 2.76. The van der Waals surface area contributed by atoms with Gasteiger partial charge in [-0.15, -0.1) is 0 Å². The molecule has 4 nitrogen and oxygen atoms in total. The van der Waals surface area contributed by atoms with Crippen LogP contribution in [0.25, 0.3) is 0 Å². The standard InChI is InChI=1S/C16H18BrN3O/c17-14-7-3-2-6-13(14)16(21)18-9-10-20-15-8-4-1-5-12(15)11-19-20/h2-3,6-7,11H,1,4-5,8-10H2,(H,18,21). The van der Waals surface area contributed by atoms with Gasteiger partial charge in [0.05, 0.1) is 18.3 Å². The summed E-state index contributed by atoms with van der Waals surface area (Å²) in [5, 5.41) is 7.40. The molecule has 3 rings (SSSR count). The van der Waals surface area contributed by atoms with Gasteiger partial charge in [0.2, 0.25) is 0 Å². The van der Waals surface area contributed by atoms with Crippen molar-refractivity contribution >= 4 is 21.8 Å². The van der Waals surface area contributed by atoms with E-state index in [0.29, 0.717) is 12.1 Å². The van der Waals surface area contributed by atoms with Gasteiger partial charge in [0, 0.05) is 16.7 Å². The fourth-order valence-corrected chi connectivity index (χ4v) is 3.23. The summed E-state index contributed by atoms with van der Waals surface area (Å²) in [5.74, 6) is -0.0523. The lowest BCUT2D eigenvalue weighted by Gasteiger charge is -2.14. The van der Waals surface area contributed by atoms with Gasteiger partial charge in [-0.25, -0.2) is 0 Å². The monoisotopic (exact) mass is 347 g/mol. The van der Waals surface area contributed by atoms with E-state index in [1.165, 1.54) is 24.1 Å². The first-order chi connectivity index (χ1) is 10.3. The van der Waals surface area contributed by atoms with E-state index in [9.17, 15) is 4.79 Å². The number of aromatic nitrogens is 2. The summed E-state index contributed by atoms with van der Waals surface area (Å²) in [6.45, 7) is 1.32. The molecule has 21 heavy (non-hydrogen) atoms. The number of halogens is 1. The molecule has 0 spiro atoms. The van der Waals surface area contributed by atoms with Crippen LogP contribution in [-0.2, 0) is 19.4 Å². The topological polar surface area (TPSA) is 46.9 Å². The second kappa shape index (κ2) is 6.43. The first kappa shape index (κ1) is 14.3. The first-order valence-corrected chi connectivity index (χ1v) is 8.11. The van der Waals surface area contributed by atoms with Crippen molar-refractivity contribution in [3.8, 4) is 0 Å². The molecule has 1 N–H and O–H groups in total. The minimum Gasteiger partial charge on any atom is -0.350 e. The van der Waals surface area contributed by atoms with Crippen LogP contribution in [0.1, 0.15) is 34.5 Å². The van der Waals surface area contributed by atoms with Gasteiger partial charge in [0.15, 0.2) is 0 Å². The molecular formula is C16H18BrN3O. The van der Waals surface area contributed by atoms with Gasteiger partial charge in [-0.2, -0.15) is 5.10 Å². The molecule has 0 unspecified atom stereocenters. The molecule has 110 valence electrons. The van der Waals surface area contributed by atoms with Crippen molar-refractivity contribution in [3.05, 3.63) is 51.8 Å². The van der Waals surface area contributed by atoms with Crippen molar-refractivity contribution in [1.82, 2.24) is 15.1 Å². The third kappa shape index (κ3) is 3.18. The van der Waals surface area contributed by atoms with Gasteiger partial charge in [0.25, 0.3) is 5.91 Å². The predicted octanol–water partition coefficient (Wildman–Crippen LogP) is 2.95. The Balaban J connectivity index is 1.58. The molecule has 1 aromatic heterocycles. The number of hydrogen-bond acceptors (Lipinski definition) is 2. The second-order valence-corrected chi connectivity index (χ2v) is 6.14. The van der Waals surface area contributed by atoms with Crippen LogP contribution in [0.3, 0.4) is 0 Å². The van der Waals surface area contributed by atoms with E-state index in [1.54, 1.807) is 0 Å². The maximum atomic E-state index is 12.1. The lowest BCUT2D eigenvalue weighted by Crippen LogP contribution is -2.28. The van der Waals surface area contributed by atoms with E-state index in [2.05, 4.69) is 26.3 Å². The number of amides is 1. The van der Waals surface area contributed by atoms with Gasteiger partial charge in [0.1, 0.15) is 0 Å². The van der Waals surface area contributed by atoms with Crippen molar-refractivity contribution in [2.24, 2.45) is 0 Å². The molecular weight excluding hydrogens is 330 g/mol. The number of fused-ring (bicyclic) bond motifs is 1. The number of benzene rings is 1. The van der Waals surface area contributed by atoms with Crippen LogP contribution in [0.2, 0.25) is 0 Å². The zero-order valence-corrected chi connectivity index (χ0v) is 13.4. The number of nitrogens with one attached hydrogen (secondary N) is 1. The lowest BCUT2D eigenvalue weighted by molar-refractivity contribution is 0.0951. The normalized spacial score (nSPS) is 13.8. The third-order valence-electron chi connectivity index (χ3n) is 3.87. The Morgan fingerprint density at radius 3 is 2.95 bits per heavy atom. The predicted molar refractivity (Wildman–Crippen MR) is 85.3 cm³/mol. The van der Waals surface area contributed by atoms with Crippen LogP contribution in [-0.4, -0.2) is 22.2 Å². The maximum Gasteiger partial charge on any atom is 0.252 e. The average Bonchev–Trinajstić information content (AvgIpc) is 2.91. The summed E-state index contributed by atoms with van der Waals surface area (Å²) < 4.78 is 2.86. The highest BCUT2D eigenvalue weighted by atomic mass is 79.9. The zero-order valence-electron chi connectivity index (χ0n) is 11.8. The van der Waals surface area contributed by atoms with Crippen LogP contribution < -0.4 is 5.32 Å². The van der Waals surface area contributed by atoms with Crippen LogP contribution >= 0.6 is 15.9 Å². The maximum absolute atomic E-state index is 12.1. The van der Waals surface area contributed by atoms with Crippen molar-refractivity contribution in [3.63, 3.8) is 0 Å². The molecule has 1 aromatic carbocycles. The molecule has 0 bridgehead atoms. The van der Waals surface area contributed by atoms with E-state index in [-0.39, 0.29) is 5.91 Å². The highest BCUT2D eigenvalue weighted by Gasteiger charge is 2.15. The molecule has 1 heterocycles. The molecule has 0 saturated heterocycles. The van der Waals surface area contributed by atoms with Gasteiger partial charge >= 0.3 is 0 Å². The van der Waals surface area contributed by atoms with E-state index in [4.69, 9.17) is 0 Å². The van der Waals surface area contributed by atoms with E-state index in [1.807, 2.05) is 35.1 Å². The number of aryl methyl sites for hydroxylation is 1. The van der Waals surface area contributed by atoms with E-state index < -0.39 is 0 Å². The number of hydrogen-bond donors (Lipinski definition) is 1. The largest absolute Gasteiger partial charge is 0.350 e. The first-order valence-electron chi connectivity index (χ1n) is 7.32. The van der Waals surface area contributed by atoms with Crippen molar-refractivity contribution in [1.29, 1.82) is 0 Å². The summed E-state index contributed by atoms with van der Waals surface area (Å²) in [6, 6.07) is 7.45. The SMILES string of the molecule is O=C(NCCn1ncc2c1CCCC2)c1ccccc1Br. The quantitative estimate of drug-likeness (QED) is 0.924. The Bertz CT molecular complexity index is 651. The van der Waals surface area contributed by atoms with Crippen molar-refractivity contribution in [2.75, 3.05) is 6.54 Å². The summed E-state index contributed by atoms with van der Waals surface area (Å²) in [5.41, 5.74) is 3.38. The molecule has 1 aliphatic carbocycles. The summed E-state index contributed by atoms with van der Waals surface area (Å²) in [7, 11) is 0. The summed E-state index contributed by atoms with van der Waals surface area (Å²) in [4.78, 5) is 12.1.